The number of ether oxygens (including phenoxy) is 2. The van der Waals surface area contributed by atoms with Crippen molar-refractivity contribution in [2.24, 2.45) is 0 Å². The van der Waals surface area contributed by atoms with Crippen LogP contribution in [-0.2, 0) is 15.9 Å². The average Bonchev–Trinajstić information content (AvgIpc) is 2.36. The van der Waals surface area contributed by atoms with Gasteiger partial charge in [0.05, 0.1) is 25.4 Å². The van der Waals surface area contributed by atoms with Gasteiger partial charge >= 0.3 is 0 Å². The summed E-state index contributed by atoms with van der Waals surface area (Å²) >= 11 is 0. The maximum atomic E-state index is 5.74. The highest BCUT2D eigenvalue weighted by Gasteiger charge is 2.18. The second-order valence-electron chi connectivity index (χ2n) is 4.41. The van der Waals surface area contributed by atoms with Crippen molar-refractivity contribution >= 4 is 0 Å². The van der Waals surface area contributed by atoms with E-state index >= 15 is 0 Å². The highest BCUT2D eigenvalue weighted by molar-refractivity contribution is 5.08. The lowest BCUT2D eigenvalue weighted by molar-refractivity contribution is -0.0681. The van der Waals surface area contributed by atoms with Crippen molar-refractivity contribution in [1.82, 2.24) is 10.3 Å². The smallest absolute Gasteiger partial charge is 0.0936 e. The van der Waals surface area contributed by atoms with Crippen molar-refractivity contribution in [2.45, 2.75) is 25.6 Å². The van der Waals surface area contributed by atoms with Gasteiger partial charge in [-0.2, -0.15) is 0 Å². The van der Waals surface area contributed by atoms with Gasteiger partial charge in [-0.3, -0.25) is 4.98 Å². The lowest BCUT2D eigenvalue weighted by Crippen LogP contribution is -2.45. The van der Waals surface area contributed by atoms with Gasteiger partial charge < -0.3 is 14.8 Å². The van der Waals surface area contributed by atoms with Gasteiger partial charge in [0.1, 0.15) is 0 Å². The van der Waals surface area contributed by atoms with E-state index in [1.54, 1.807) is 6.20 Å². The Morgan fingerprint density at radius 1 is 1.53 bits per heavy atom. The van der Waals surface area contributed by atoms with Crippen LogP contribution in [0.25, 0.3) is 0 Å². The Labute approximate surface area is 102 Å². The van der Waals surface area contributed by atoms with Gasteiger partial charge in [-0.15, -0.1) is 0 Å². The van der Waals surface area contributed by atoms with Crippen molar-refractivity contribution in [3.8, 4) is 0 Å². The van der Waals surface area contributed by atoms with E-state index in [4.69, 9.17) is 9.47 Å². The van der Waals surface area contributed by atoms with Gasteiger partial charge in [-0.25, -0.2) is 0 Å². The Bertz CT molecular complexity index is 318. The lowest BCUT2D eigenvalue weighted by Gasteiger charge is -2.28. The third kappa shape index (κ3) is 4.42. The largest absolute Gasteiger partial charge is 0.378 e. The highest BCUT2D eigenvalue weighted by atomic mass is 16.5. The fourth-order valence-corrected chi connectivity index (χ4v) is 1.92. The van der Waals surface area contributed by atoms with Gasteiger partial charge in [0.15, 0.2) is 0 Å². The number of hydrogen-bond acceptors (Lipinski definition) is 4. The molecule has 0 spiro atoms. The first kappa shape index (κ1) is 12.5. The van der Waals surface area contributed by atoms with Gasteiger partial charge in [0, 0.05) is 25.5 Å². The SMILES string of the molecule is CC1CNCC(COCCc2cccnc2)O1. The van der Waals surface area contributed by atoms with Gasteiger partial charge in [-0.05, 0) is 25.0 Å². The zero-order valence-corrected chi connectivity index (χ0v) is 10.3. The molecule has 1 saturated heterocycles. The molecule has 0 aliphatic carbocycles. The molecule has 0 amide bonds. The zero-order valence-electron chi connectivity index (χ0n) is 10.3. The molecule has 94 valence electrons. The van der Waals surface area contributed by atoms with Crippen molar-refractivity contribution < 1.29 is 9.47 Å². The molecular formula is C13H20N2O2. The molecule has 1 fully saturated rings. The summed E-state index contributed by atoms with van der Waals surface area (Å²) in [6.07, 6.45) is 5.05. The Kier molecular flexibility index (Phi) is 4.91. The van der Waals surface area contributed by atoms with Gasteiger partial charge in [0.2, 0.25) is 0 Å². The summed E-state index contributed by atoms with van der Waals surface area (Å²) < 4.78 is 11.4. The van der Waals surface area contributed by atoms with Crippen LogP contribution < -0.4 is 5.32 Å². The van der Waals surface area contributed by atoms with Crippen LogP contribution in [0.2, 0.25) is 0 Å². The lowest BCUT2D eigenvalue weighted by atomic mass is 10.2. The number of nitrogens with zero attached hydrogens (tertiary/aromatic N) is 1. The number of aromatic nitrogens is 1. The quantitative estimate of drug-likeness (QED) is 0.775. The van der Waals surface area contributed by atoms with Crippen LogP contribution in [0, 0.1) is 0 Å². The van der Waals surface area contributed by atoms with Crippen LogP contribution in [-0.4, -0.2) is 43.5 Å². The number of pyridine rings is 1. The molecule has 4 nitrogen and oxygen atoms in total. The molecule has 1 aliphatic rings. The third-order valence-electron chi connectivity index (χ3n) is 2.79. The minimum absolute atomic E-state index is 0.188. The van der Waals surface area contributed by atoms with Crippen molar-refractivity contribution in [3.05, 3.63) is 30.1 Å². The van der Waals surface area contributed by atoms with Crippen LogP contribution in [0.5, 0.6) is 0 Å². The molecule has 17 heavy (non-hydrogen) atoms. The minimum Gasteiger partial charge on any atom is -0.378 e. The van der Waals surface area contributed by atoms with E-state index in [1.807, 2.05) is 12.3 Å². The molecular weight excluding hydrogens is 216 g/mol. The molecule has 2 unspecified atom stereocenters. The third-order valence-corrected chi connectivity index (χ3v) is 2.79. The Morgan fingerprint density at radius 3 is 3.24 bits per heavy atom. The van der Waals surface area contributed by atoms with E-state index in [1.165, 1.54) is 5.56 Å². The predicted octanol–water partition coefficient (Wildman–Crippen LogP) is 1.02. The molecule has 0 saturated carbocycles. The number of hydrogen-bond donors (Lipinski definition) is 1. The van der Waals surface area contributed by atoms with E-state index in [2.05, 4.69) is 23.3 Å². The van der Waals surface area contributed by atoms with E-state index < -0.39 is 0 Å². The number of nitrogens with one attached hydrogen (secondary N) is 1. The van der Waals surface area contributed by atoms with Crippen molar-refractivity contribution in [1.29, 1.82) is 0 Å². The molecule has 4 heteroatoms. The predicted molar refractivity (Wildman–Crippen MR) is 66.0 cm³/mol. The van der Waals surface area contributed by atoms with Crippen LogP contribution in [0.4, 0.5) is 0 Å². The molecule has 1 aliphatic heterocycles. The summed E-state index contributed by atoms with van der Waals surface area (Å²) in [4.78, 5) is 4.07. The maximum absolute atomic E-state index is 5.74. The van der Waals surface area contributed by atoms with Crippen LogP contribution in [0.1, 0.15) is 12.5 Å². The molecule has 0 radical (unpaired) electrons. The standard InChI is InChI=1S/C13H20N2O2/c1-11-7-15-9-13(17-11)10-16-6-4-12-3-2-5-14-8-12/h2-3,5,8,11,13,15H,4,6-7,9-10H2,1H3. The van der Waals surface area contributed by atoms with Crippen LogP contribution in [0.15, 0.2) is 24.5 Å². The summed E-state index contributed by atoms with van der Waals surface area (Å²) in [5.41, 5.74) is 1.21. The average molecular weight is 236 g/mol. The molecule has 1 N–H and O–H groups in total. The monoisotopic (exact) mass is 236 g/mol. The van der Waals surface area contributed by atoms with Gasteiger partial charge in [-0.1, -0.05) is 6.07 Å². The first-order valence-corrected chi connectivity index (χ1v) is 6.17. The summed E-state index contributed by atoms with van der Waals surface area (Å²) in [6, 6.07) is 4.02. The Morgan fingerprint density at radius 2 is 2.47 bits per heavy atom. The topological polar surface area (TPSA) is 43.4 Å². The van der Waals surface area contributed by atoms with Crippen molar-refractivity contribution in [2.75, 3.05) is 26.3 Å². The second kappa shape index (κ2) is 6.69. The van der Waals surface area contributed by atoms with Crippen LogP contribution in [0.3, 0.4) is 0 Å². The number of morpholine rings is 1. The van der Waals surface area contributed by atoms with E-state index in [0.717, 1.165) is 26.1 Å². The van der Waals surface area contributed by atoms with E-state index in [-0.39, 0.29) is 12.2 Å². The Balaban J connectivity index is 1.60. The molecule has 0 bridgehead atoms. The van der Waals surface area contributed by atoms with Crippen LogP contribution >= 0.6 is 0 Å². The van der Waals surface area contributed by atoms with E-state index in [0.29, 0.717) is 6.61 Å². The highest BCUT2D eigenvalue weighted by Crippen LogP contribution is 2.04. The fraction of sp³-hybridized carbons (Fsp3) is 0.615. The minimum atomic E-state index is 0.188. The summed E-state index contributed by atoms with van der Waals surface area (Å²) in [5.74, 6) is 0. The number of rotatable bonds is 5. The second-order valence-corrected chi connectivity index (χ2v) is 4.41. The Hall–Kier alpha value is -0.970. The molecule has 0 aromatic carbocycles. The maximum Gasteiger partial charge on any atom is 0.0936 e. The summed E-state index contributed by atoms with van der Waals surface area (Å²) in [5, 5.41) is 3.33. The zero-order chi connectivity index (χ0) is 11.9. The van der Waals surface area contributed by atoms with E-state index in [9.17, 15) is 0 Å². The first-order valence-electron chi connectivity index (χ1n) is 6.17. The summed E-state index contributed by atoms with van der Waals surface area (Å²) in [7, 11) is 0. The molecule has 1 aromatic heterocycles. The molecule has 2 atom stereocenters. The molecule has 2 heterocycles. The molecule has 2 rings (SSSR count). The first-order chi connectivity index (χ1) is 8.34. The summed E-state index contributed by atoms with van der Waals surface area (Å²) in [6.45, 7) is 5.29. The van der Waals surface area contributed by atoms with Crippen molar-refractivity contribution in [3.63, 3.8) is 0 Å². The fourth-order valence-electron chi connectivity index (χ4n) is 1.92. The molecule has 1 aromatic rings. The van der Waals surface area contributed by atoms with Gasteiger partial charge in [0.25, 0.3) is 0 Å². The normalized spacial score (nSPS) is 24.8.